The summed E-state index contributed by atoms with van der Waals surface area (Å²) in [6, 6.07) is 3.92. The van der Waals surface area contributed by atoms with Crippen LogP contribution in [0.15, 0.2) is 37.2 Å². The minimum absolute atomic E-state index is 0.543. The van der Waals surface area contributed by atoms with E-state index in [-0.39, 0.29) is 0 Å². The van der Waals surface area contributed by atoms with Crippen LogP contribution >= 0.6 is 0 Å². The van der Waals surface area contributed by atoms with E-state index in [9.17, 15) is 0 Å². The maximum atomic E-state index is 4.90. The summed E-state index contributed by atoms with van der Waals surface area (Å²) in [6.07, 6.45) is 9.33. The molecule has 1 atom stereocenters. The summed E-state index contributed by atoms with van der Waals surface area (Å²) in [5.74, 6) is 2.33. The number of pyridine rings is 1. The van der Waals surface area contributed by atoms with Crippen molar-refractivity contribution in [3.8, 4) is 11.4 Å². The van der Waals surface area contributed by atoms with E-state index < -0.39 is 0 Å². The fraction of sp³-hybridized carbons (Fsp3) is 0.421. The number of hydrogen-bond donors (Lipinski definition) is 0. The smallest absolute Gasteiger partial charge is 0.163 e. The molecule has 134 valence electrons. The van der Waals surface area contributed by atoms with Crippen LogP contribution in [0.5, 0.6) is 0 Å². The van der Waals surface area contributed by atoms with E-state index in [2.05, 4.69) is 38.8 Å². The predicted octanol–water partition coefficient (Wildman–Crippen LogP) is 2.66. The Morgan fingerprint density at radius 3 is 2.88 bits per heavy atom. The average Bonchev–Trinajstić information content (AvgIpc) is 3.18. The number of anilines is 1. The Morgan fingerprint density at radius 2 is 2.12 bits per heavy atom. The van der Waals surface area contributed by atoms with Gasteiger partial charge in [-0.05, 0) is 44.7 Å². The fourth-order valence-electron chi connectivity index (χ4n) is 3.54. The molecule has 0 saturated carbocycles. The molecule has 1 aliphatic heterocycles. The van der Waals surface area contributed by atoms with Crippen LogP contribution in [0.4, 0.5) is 5.82 Å². The average molecular weight is 349 g/mol. The van der Waals surface area contributed by atoms with Gasteiger partial charge in [0.1, 0.15) is 18.5 Å². The number of aromatic nitrogens is 6. The molecular weight excluding hydrogens is 326 g/mol. The maximum absolute atomic E-state index is 4.90. The largest absolute Gasteiger partial charge is 0.356 e. The summed E-state index contributed by atoms with van der Waals surface area (Å²) in [7, 11) is 0. The van der Waals surface area contributed by atoms with Gasteiger partial charge in [0, 0.05) is 48.8 Å². The normalized spacial score (nSPS) is 17.5. The molecule has 0 bridgehead atoms. The zero-order valence-corrected chi connectivity index (χ0v) is 15.2. The molecule has 26 heavy (non-hydrogen) atoms. The van der Waals surface area contributed by atoms with E-state index in [0.717, 1.165) is 54.5 Å². The first-order chi connectivity index (χ1) is 12.7. The molecule has 1 unspecified atom stereocenters. The molecule has 7 heteroatoms. The van der Waals surface area contributed by atoms with Crippen molar-refractivity contribution in [1.82, 2.24) is 29.7 Å². The van der Waals surface area contributed by atoms with Crippen molar-refractivity contribution < 1.29 is 0 Å². The first-order valence-electron chi connectivity index (χ1n) is 9.03. The van der Waals surface area contributed by atoms with E-state index in [4.69, 9.17) is 4.98 Å². The quantitative estimate of drug-likeness (QED) is 0.721. The molecular formula is C19H23N7. The van der Waals surface area contributed by atoms with Crippen LogP contribution < -0.4 is 4.90 Å². The molecule has 1 fully saturated rings. The summed E-state index contributed by atoms with van der Waals surface area (Å²) in [5.41, 5.74) is 3.12. The van der Waals surface area contributed by atoms with Gasteiger partial charge >= 0.3 is 0 Å². The summed E-state index contributed by atoms with van der Waals surface area (Å²) in [6.45, 7) is 7.06. The molecule has 0 aromatic carbocycles. The lowest BCUT2D eigenvalue weighted by Gasteiger charge is -2.34. The Hall–Kier alpha value is -2.83. The summed E-state index contributed by atoms with van der Waals surface area (Å²) in [4.78, 5) is 20.2. The maximum Gasteiger partial charge on any atom is 0.163 e. The highest BCUT2D eigenvalue weighted by Crippen LogP contribution is 2.28. The highest BCUT2D eigenvalue weighted by atomic mass is 15.3. The van der Waals surface area contributed by atoms with Gasteiger partial charge in [0.25, 0.3) is 0 Å². The number of hydrogen-bond acceptors (Lipinski definition) is 6. The van der Waals surface area contributed by atoms with Crippen LogP contribution in [-0.2, 0) is 6.54 Å². The second-order valence-corrected chi connectivity index (χ2v) is 6.89. The van der Waals surface area contributed by atoms with E-state index >= 15 is 0 Å². The van der Waals surface area contributed by atoms with Crippen molar-refractivity contribution >= 4 is 5.82 Å². The van der Waals surface area contributed by atoms with Gasteiger partial charge in [0.15, 0.2) is 5.82 Å². The van der Waals surface area contributed by atoms with Gasteiger partial charge in [-0.3, -0.25) is 9.67 Å². The topological polar surface area (TPSA) is 72.6 Å². The lowest BCUT2D eigenvalue weighted by Crippen LogP contribution is -2.38. The second-order valence-electron chi connectivity index (χ2n) is 6.89. The molecule has 0 N–H and O–H groups in total. The third-order valence-electron chi connectivity index (χ3n) is 5.01. The molecule has 0 amide bonds. The SMILES string of the molecule is Cc1nc(-c2cccnc2)nc(N2CCCC(Cn3cncn3)C2)c1C. The van der Waals surface area contributed by atoms with E-state index in [0.29, 0.717) is 5.92 Å². The first kappa shape index (κ1) is 16.6. The molecule has 1 saturated heterocycles. The molecule has 0 aliphatic carbocycles. The lowest BCUT2D eigenvalue weighted by atomic mass is 9.97. The van der Waals surface area contributed by atoms with Crippen molar-refractivity contribution in [2.75, 3.05) is 18.0 Å². The molecule has 1 aliphatic rings. The molecule has 3 aromatic rings. The van der Waals surface area contributed by atoms with Crippen LogP contribution in [0.3, 0.4) is 0 Å². The van der Waals surface area contributed by atoms with Crippen LogP contribution in [0, 0.1) is 19.8 Å². The van der Waals surface area contributed by atoms with E-state index in [1.165, 1.54) is 6.42 Å². The summed E-state index contributed by atoms with van der Waals surface area (Å²) in [5, 5.41) is 4.25. The minimum atomic E-state index is 0.543. The van der Waals surface area contributed by atoms with Gasteiger partial charge in [-0.15, -0.1) is 0 Å². The van der Waals surface area contributed by atoms with E-state index in [1.54, 1.807) is 18.9 Å². The van der Waals surface area contributed by atoms with Crippen molar-refractivity contribution in [2.45, 2.75) is 33.2 Å². The first-order valence-corrected chi connectivity index (χ1v) is 9.03. The molecule has 3 aromatic heterocycles. The number of aryl methyl sites for hydroxylation is 1. The third kappa shape index (κ3) is 3.42. The molecule has 7 nitrogen and oxygen atoms in total. The minimum Gasteiger partial charge on any atom is -0.356 e. The lowest BCUT2D eigenvalue weighted by molar-refractivity contribution is 0.350. The second kappa shape index (κ2) is 7.19. The number of nitrogens with zero attached hydrogens (tertiary/aromatic N) is 7. The Kier molecular flexibility index (Phi) is 4.60. The van der Waals surface area contributed by atoms with Crippen LogP contribution in [0.2, 0.25) is 0 Å². The van der Waals surface area contributed by atoms with Gasteiger partial charge in [-0.1, -0.05) is 0 Å². The Balaban J connectivity index is 1.61. The summed E-state index contributed by atoms with van der Waals surface area (Å²) >= 11 is 0. The Morgan fingerprint density at radius 1 is 1.19 bits per heavy atom. The Labute approximate surface area is 153 Å². The number of piperidine rings is 1. The standard InChI is InChI=1S/C19H23N7/c1-14-15(2)23-18(17-6-3-7-20-9-17)24-19(14)25-8-4-5-16(10-25)11-26-13-21-12-22-26/h3,6-7,9,12-13,16H,4-5,8,10-11H2,1-2H3. The van der Waals surface area contributed by atoms with Crippen molar-refractivity contribution in [3.63, 3.8) is 0 Å². The molecule has 4 rings (SSSR count). The van der Waals surface area contributed by atoms with Crippen molar-refractivity contribution in [3.05, 3.63) is 48.4 Å². The van der Waals surface area contributed by atoms with Gasteiger partial charge in [-0.2, -0.15) is 5.10 Å². The predicted molar refractivity (Wildman–Crippen MR) is 99.7 cm³/mol. The number of rotatable bonds is 4. The molecule has 0 spiro atoms. The van der Waals surface area contributed by atoms with E-state index in [1.807, 2.05) is 23.0 Å². The zero-order chi connectivity index (χ0) is 17.9. The Bertz CT molecular complexity index is 861. The van der Waals surface area contributed by atoms with Gasteiger partial charge in [-0.25, -0.2) is 15.0 Å². The van der Waals surface area contributed by atoms with Gasteiger partial charge in [0.2, 0.25) is 0 Å². The van der Waals surface area contributed by atoms with Crippen LogP contribution in [0.25, 0.3) is 11.4 Å². The summed E-state index contributed by atoms with van der Waals surface area (Å²) < 4.78 is 1.92. The highest BCUT2D eigenvalue weighted by molar-refractivity contribution is 5.59. The van der Waals surface area contributed by atoms with Crippen molar-refractivity contribution in [2.24, 2.45) is 5.92 Å². The highest BCUT2D eigenvalue weighted by Gasteiger charge is 2.24. The third-order valence-corrected chi connectivity index (χ3v) is 5.01. The van der Waals surface area contributed by atoms with Gasteiger partial charge < -0.3 is 4.90 Å². The van der Waals surface area contributed by atoms with Crippen molar-refractivity contribution in [1.29, 1.82) is 0 Å². The van der Waals surface area contributed by atoms with Crippen LogP contribution in [-0.4, -0.2) is 42.8 Å². The monoisotopic (exact) mass is 349 g/mol. The molecule has 4 heterocycles. The zero-order valence-electron chi connectivity index (χ0n) is 15.2. The fourth-order valence-corrected chi connectivity index (χ4v) is 3.54. The van der Waals surface area contributed by atoms with Gasteiger partial charge in [0.05, 0.1) is 0 Å². The molecule has 0 radical (unpaired) electrons. The van der Waals surface area contributed by atoms with Crippen LogP contribution in [0.1, 0.15) is 24.1 Å².